The molecule has 1 aliphatic rings. The fraction of sp³-hybridized carbons (Fsp3) is 0.667. The van der Waals surface area contributed by atoms with E-state index in [9.17, 15) is 4.79 Å². The molecule has 6 nitrogen and oxygen atoms in total. The highest BCUT2D eigenvalue weighted by atomic mass is 32.2. The number of thioether (sulfide) groups is 1. The highest BCUT2D eigenvalue weighted by Gasteiger charge is 2.24. The van der Waals surface area contributed by atoms with Crippen LogP contribution in [0.5, 0.6) is 0 Å². The molecule has 0 aliphatic carbocycles. The Labute approximate surface area is 97.0 Å². The number of carboxylic acid groups (broad SMARTS) is 1. The summed E-state index contributed by atoms with van der Waals surface area (Å²) >= 11 is 1.17. The number of aromatic nitrogens is 3. The molecule has 1 aromatic rings. The van der Waals surface area contributed by atoms with Crippen molar-refractivity contribution in [2.75, 3.05) is 12.4 Å². The molecule has 1 saturated heterocycles. The second-order valence-electron chi connectivity index (χ2n) is 3.58. The van der Waals surface area contributed by atoms with Crippen molar-refractivity contribution in [2.24, 2.45) is 7.05 Å². The molecule has 1 aliphatic heterocycles. The van der Waals surface area contributed by atoms with Gasteiger partial charge in [0, 0.05) is 13.7 Å². The van der Waals surface area contributed by atoms with Gasteiger partial charge in [0.15, 0.2) is 11.0 Å². The SMILES string of the molecule is Cn1c(SCC(=O)O)nnc1C1CCCO1. The zero-order valence-electron chi connectivity index (χ0n) is 8.92. The number of nitrogens with zero attached hydrogens (tertiary/aromatic N) is 3. The standard InChI is InChI=1S/C9H13N3O3S/c1-12-8(6-3-2-4-15-6)10-11-9(12)16-5-7(13)14/h6H,2-5H2,1H3,(H,13,14). The van der Waals surface area contributed by atoms with Gasteiger partial charge in [-0.25, -0.2) is 0 Å². The largest absolute Gasteiger partial charge is 0.481 e. The average Bonchev–Trinajstić information content (AvgIpc) is 2.84. The van der Waals surface area contributed by atoms with Crippen LogP contribution in [0.4, 0.5) is 0 Å². The maximum atomic E-state index is 10.4. The average molecular weight is 243 g/mol. The van der Waals surface area contributed by atoms with Gasteiger partial charge in [-0.05, 0) is 12.8 Å². The smallest absolute Gasteiger partial charge is 0.313 e. The number of ether oxygens (including phenoxy) is 1. The van der Waals surface area contributed by atoms with E-state index >= 15 is 0 Å². The fourth-order valence-corrected chi connectivity index (χ4v) is 2.28. The number of aliphatic carboxylic acids is 1. The van der Waals surface area contributed by atoms with E-state index in [1.165, 1.54) is 11.8 Å². The van der Waals surface area contributed by atoms with Crippen LogP contribution in [0.25, 0.3) is 0 Å². The summed E-state index contributed by atoms with van der Waals surface area (Å²) in [4.78, 5) is 10.4. The second kappa shape index (κ2) is 4.84. The Balaban J connectivity index is 2.07. The van der Waals surface area contributed by atoms with Gasteiger partial charge in [0.05, 0.1) is 5.75 Å². The first-order valence-electron chi connectivity index (χ1n) is 5.04. The molecule has 16 heavy (non-hydrogen) atoms. The van der Waals surface area contributed by atoms with Crippen LogP contribution in [0.2, 0.25) is 0 Å². The number of carboxylic acids is 1. The normalized spacial score (nSPS) is 20.2. The van der Waals surface area contributed by atoms with Gasteiger partial charge in [-0.15, -0.1) is 10.2 Å². The molecule has 1 unspecified atom stereocenters. The van der Waals surface area contributed by atoms with E-state index in [1.807, 2.05) is 11.6 Å². The third kappa shape index (κ3) is 2.35. The summed E-state index contributed by atoms with van der Waals surface area (Å²) in [6, 6.07) is 0. The molecule has 1 N–H and O–H groups in total. The third-order valence-corrected chi connectivity index (χ3v) is 3.42. The predicted octanol–water partition coefficient (Wildman–Crippen LogP) is 0.843. The molecule has 7 heteroatoms. The Morgan fingerprint density at radius 2 is 2.50 bits per heavy atom. The zero-order valence-corrected chi connectivity index (χ0v) is 9.74. The first-order valence-corrected chi connectivity index (χ1v) is 6.02. The third-order valence-electron chi connectivity index (χ3n) is 2.41. The number of rotatable bonds is 4. The van der Waals surface area contributed by atoms with Crippen LogP contribution in [0.15, 0.2) is 5.16 Å². The quantitative estimate of drug-likeness (QED) is 0.790. The minimum Gasteiger partial charge on any atom is -0.481 e. The summed E-state index contributed by atoms with van der Waals surface area (Å²) in [5, 5.41) is 17.2. The van der Waals surface area contributed by atoms with Crippen molar-refractivity contribution in [3.05, 3.63) is 5.82 Å². The minimum atomic E-state index is -0.855. The van der Waals surface area contributed by atoms with E-state index < -0.39 is 5.97 Å². The van der Waals surface area contributed by atoms with E-state index in [0.29, 0.717) is 5.16 Å². The molecule has 0 amide bonds. The summed E-state index contributed by atoms with van der Waals surface area (Å²) < 4.78 is 7.32. The molecule has 1 aromatic heterocycles. The summed E-state index contributed by atoms with van der Waals surface area (Å²) in [6.07, 6.45) is 2.00. The second-order valence-corrected chi connectivity index (χ2v) is 4.53. The van der Waals surface area contributed by atoms with Crippen LogP contribution in [-0.4, -0.2) is 38.2 Å². The van der Waals surface area contributed by atoms with E-state index in [-0.39, 0.29) is 11.9 Å². The van der Waals surface area contributed by atoms with Gasteiger partial charge >= 0.3 is 5.97 Å². The molecule has 0 bridgehead atoms. The molecule has 0 saturated carbocycles. The topological polar surface area (TPSA) is 77.2 Å². The molecule has 2 heterocycles. The lowest BCUT2D eigenvalue weighted by atomic mass is 10.2. The van der Waals surface area contributed by atoms with Gasteiger partial charge < -0.3 is 14.4 Å². The molecule has 88 valence electrons. The van der Waals surface area contributed by atoms with Gasteiger partial charge in [0.2, 0.25) is 0 Å². The molecular weight excluding hydrogens is 230 g/mol. The summed E-state index contributed by atoms with van der Waals surface area (Å²) in [6.45, 7) is 0.759. The van der Waals surface area contributed by atoms with Crippen LogP contribution in [-0.2, 0) is 16.6 Å². The number of hydrogen-bond donors (Lipinski definition) is 1. The van der Waals surface area contributed by atoms with Gasteiger partial charge in [-0.3, -0.25) is 4.79 Å². The Morgan fingerprint density at radius 1 is 1.69 bits per heavy atom. The Kier molecular flexibility index (Phi) is 3.45. The highest BCUT2D eigenvalue weighted by molar-refractivity contribution is 7.99. The summed E-state index contributed by atoms with van der Waals surface area (Å²) in [5.74, 6) is -0.0747. The first-order chi connectivity index (χ1) is 7.68. The lowest BCUT2D eigenvalue weighted by Gasteiger charge is -2.08. The fourth-order valence-electron chi connectivity index (χ4n) is 1.64. The maximum absolute atomic E-state index is 10.4. The monoisotopic (exact) mass is 243 g/mol. The lowest BCUT2D eigenvalue weighted by Crippen LogP contribution is -2.06. The zero-order chi connectivity index (χ0) is 11.5. The lowest BCUT2D eigenvalue weighted by molar-refractivity contribution is -0.133. The molecule has 2 rings (SSSR count). The van der Waals surface area contributed by atoms with Crippen LogP contribution in [0, 0.1) is 0 Å². The maximum Gasteiger partial charge on any atom is 0.313 e. The van der Waals surface area contributed by atoms with Gasteiger partial charge in [0.1, 0.15) is 6.10 Å². The molecule has 1 fully saturated rings. The highest BCUT2D eigenvalue weighted by Crippen LogP contribution is 2.28. The van der Waals surface area contributed by atoms with Gasteiger partial charge in [-0.1, -0.05) is 11.8 Å². The van der Waals surface area contributed by atoms with Crippen molar-refractivity contribution >= 4 is 17.7 Å². The molecular formula is C9H13N3O3S. The molecule has 0 aromatic carbocycles. The summed E-state index contributed by atoms with van der Waals surface area (Å²) in [7, 11) is 1.83. The van der Waals surface area contributed by atoms with Crippen molar-refractivity contribution in [1.29, 1.82) is 0 Å². The Bertz CT molecular complexity index is 387. The van der Waals surface area contributed by atoms with Gasteiger partial charge in [-0.2, -0.15) is 0 Å². The van der Waals surface area contributed by atoms with E-state index in [2.05, 4.69) is 10.2 Å². The van der Waals surface area contributed by atoms with Crippen molar-refractivity contribution in [3.8, 4) is 0 Å². The van der Waals surface area contributed by atoms with Crippen molar-refractivity contribution in [2.45, 2.75) is 24.1 Å². The minimum absolute atomic E-state index is 0.00248. The molecule has 1 atom stereocenters. The number of hydrogen-bond acceptors (Lipinski definition) is 5. The van der Waals surface area contributed by atoms with E-state index in [4.69, 9.17) is 9.84 Å². The van der Waals surface area contributed by atoms with Gasteiger partial charge in [0.25, 0.3) is 0 Å². The number of carbonyl (C=O) groups is 1. The first kappa shape index (κ1) is 11.4. The van der Waals surface area contributed by atoms with Crippen molar-refractivity contribution in [1.82, 2.24) is 14.8 Å². The van der Waals surface area contributed by atoms with E-state index in [0.717, 1.165) is 25.3 Å². The van der Waals surface area contributed by atoms with E-state index in [1.54, 1.807) is 0 Å². The Morgan fingerprint density at radius 3 is 3.12 bits per heavy atom. The van der Waals surface area contributed by atoms with Crippen molar-refractivity contribution in [3.63, 3.8) is 0 Å². The van der Waals surface area contributed by atoms with Crippen LogP contribution in [0.3, 0.4) is 0 Å². The van der Waals surface area contributed by atoms with Crippen LogP contribution >= 0.6 is 11.8 Å². The molecule has 0 spiro atoms. The molecule has 0 radical (unpaired) electrons. The van der Waals surface area contributed by atoms with Crippen LogP contribution < -0.4 is 0 Å². The Hall–Kier alpha value is -1.08. The summed E-state index contributed by atoms with van der Waals surface area (Å²) in [5.41, 5.74) is 0. The van der Waals surface area contributed by atoms with Crippen LogP contribution in [0.1, 0.15) is 24.8 Å². The van der Waals surface area contributed by atoms with Crippen molar-refractivity contribution < 1.29 is 14.6 Å². The predicted molar refractivity (Wildman–Crippen MR) is 57.3 cm³/mol.